The van der Waals surface area contributed by atoms with Gasteiger partial charge in [0.05, 0.1) is 6.20 Å². The van der Waals surface area contributed by atoms with E-state index in [1.807, 2.05) is 30.3 Å². The van der Waals surface area contributed by atoms with E-state index in [4.69, 9.17) is 9.47 Å². The fraction of sp³-hybridized carbons (Fsp3) is 0.0741. The number of nitrogens with one attached hydrogen (secondary N) is 1. The zero-order valence-corrected chi connectivity index (χ0v) is 17.8. The number of amides is 1. The number of aromatic nitrogens is 1. The second-order valence-corrected chi connectivity index (χ2v) is 7.19. The summed E-state index contributed by atoms with van der Waals surface area (Å²) in [6, 6.07) is 27.6. The van der Waals surface area contributed by atoms with Gasteiger partial charge in [-0.1, -0.05) is 66.7 Å². The lowest BCUT2D eigenvalue weighted by Crippen LogP contribution is -2.34. The van der Waals surface area contributed by atoms with Crippen molar-refractivity contribution in [3.8, 4) is 11.5 Å². The molecule has 1 heterocycles. The van der Waals surface area contributed by atoms with E-state index in [1.54, 1.807) is 79.1 Å². The highest BCUT2D eigenvalue weighted by Gasteiger charge is 2.25. The van der Waals surface area contributed by atoms with E-state index in [1.165, 1.54) is 0 Å². The van der Waals surface area contributed by atoms with E-state index in [9.17, 15) is 9.59 Å². The van der Waals surface area contributed by atoms with E-state index in [2.05, 4.69) is 10.3 Å². The lowest BCUT2D eigenvalue weighted by molar-refractivity contribution is -0.147. The molecule has 0 bridgehead atoms. The molecule has 0 saturated carbocycles. The number of pyridine rings is 1. The van der Waals surface area contributed by atoms with Crippen LogP contribution in [0.15, 0.2) is 109 Å². The number of hydrogen-bond acceptors (Lipinski definition) is 5. The van der Waals surface area contributed by atoms with Crippen molar-refractivity contribution in [1.29, 1.82) is 0 Å². The van der Waals surface area contributed by atoms with Crippen molar-refractivity contribution >= 4 is 11.9 Å². The molecule has 1 atom stereocenters. The minimum Gasteiger partial charge on any atom is -0.459 e. The molecule has 4 rings (SSSR count). The second kappa shape index (κ2) is 10.7. The van der Waals surface area contributed by atoms with Crippen LogP contribution in [0.2, 0.25) is 0 Å². The highest BCUT2D eigenvalue weighted by molar-refractivity contribution is 5.97. The van der Waals surface area contributed by atoms with E-state index in [0.29, 0.717) is 28.2 Å². The van der Waals surface area contributed by atoms with Crippen LogP contribution in [0.25, 0.3) is 0 Å². The first-order valence-corrected chi connectivity index (χ1v) is 10.4. The molecule has 0 fully saturated rings. The summed E-state index contributed by atoms with van der Waals surface area (Å²) in [5.41, 5.74) is 1.78. The Balaban J connectivity index is 1.49. The number of carbonyl (C=O) groups is 2. The maximum absolute atomic E-state index is 13.1. The molecule has 33 heavy (non-hydrogen) atoms. The predicted octanol–water partition coefficient (Wildman–Crippen LogP) is 5.09. The van der Waals surface area contributed by atoms with Gasteiger partial charge in [-0.25, -0.2) is 4.79 Å². The zero-order chi connectivity index (χ0) is 22.9. The van der Waals surface area contributed by atoms with Crippen molar-refractivity contribution < 1.29 is 19.1 Å². The molecule has 1 unspecified atom stereocenters. The summed E-state index contributed by atoms with van der Waals surface area (Å²) in [5.74, 6) is 0.208. The van der Waals surface area contributed by atoms with E-state index in [0.717, 1.165) is 0 Å². The molecule has 0 saturated heterocycles. The van der Waals surface area contributed by atoms with Crippen LogP contribution in [0, 0.1) is 0 Å². The van der Waals surface area contributed by atoms with Crippen LogP contribution in [0.1, 0.15) is 27.5 Å². The van der Waals surface area contributed by atoms with Crippen molar-refractivity contribution in [3.05, 3.63) is 126 Å². The first-order chi connectivity index (χ1) is 16.2. The van der Waals surface area contributed by atoms with Gasteiger partial charge in [-0.05, 0) is 35.9 Å². The number of benzene rings is 3. The summed E-state index contributed by atoms with van der Waals surface area (Å²) in [6.07, 6.45) is 3.27. The van der Waals surface area contributed by atoms with Crippen LogP contribution >= 0.6 is 0 Å². The maximum Gasteiger partial charge on any atom is 0.333 e. The van der Waals surface area contributed by atoms with Gasteiger partial charge in [-0.3, -0.25) is 9.78 Å². The van der Waals surface area contributed by atoms with Crippen LogP contribution in [0.3, 0.4) is 0 Å². The normalized spacial score (nSPS) is 11.3. The highest BCUT2D eigenvalue weighted by Crippen LogP contribution is 2.26. The third-order valence-corrected chi connectivity index (χ3v) is 4.88. The van der Waals surface area contributed by atoms with Crippen LogP contribution in [0.5, 0.6) is 11.5 Å². The molecule has 3 aromatic carbocycles. The SMILES string of the molecule is O=C(NC(C(=O)OCc1ccccc1Oc1cccnc1)c1ccccc1)c1ccccc1. The van der Waals surface area contributed by atoms with Gasteiger partial charge in [0.2, 0.25) is 0 Å². The van der Waals surface area contributed by atoms with Gasteiger partial charge in [0, 0.05) is 17.3 Å². The molecule has 1 amide bonds. The van der Waals surface area contributed by atoms with Crippen molar-refractivity contribution in [2.24, 2.45) is 0 Å². The monoisotopic (exact) mass is 438 g/mol. The van der Waals surface area contributed by atoms with Gasteiger partial charge < -0.3 is 14.8 Å². The van der Waals surface area contributed by atoms with E-state index < -0.39 is 12.0 Å². The molecular formula is C27H22N2O4. The van der Waals surface area contributed by atoms with E-state index >= 15 is 0 Å². The number of carbonyl (C=O) groups excluding carboxylic acids is 2. The van der Waals surface area contributed by atoms with Crippen LogP contribution in [-0.2, 0) is 16.1 Å². The summed E-state index contributed by atoms with van der Waals surface area (Å²) < 4.78 is 11.5. The Morgan fingerprint density at radius 1 is 0.818 bits per heavy atom. The molecule has 0 aliphatic carbocycles. The van der Waals surface area contributed by atoms with Gasteiger partial charge in [-0.2, -0.15) is 0 Å². The fourth-order valence-electron chi connectivity index (χ4n) is 3.22. The molecule has 0 radical (unpaired) electrons. The number of ether oxygens (including phenoxy) is 2. The molecule has 6 nitrogen and oxygen atoms in total. The number of esters is 1. The summed E-state index contributed by atoms with van der Waals surface area (Å²) >= 11 is 0. The van der Waals surface area contributed by atoms with Crippen molar-refractivity contribution in [2.75, 3.05) is 0 Å². The Kier molecular flexibility index (Phi) is 7.08. The molecule has 6 heteroatoms. The predicted molar refractivity (Wildman–Crippen MR) is 124 cm³/mol. The number of hydrogen-bond donors (Lipinski definition) is 1. The quantitative estimate of drug-likeness (QED) is 0.388. The summed E-state index contributed by atoms with van der Waals surface area (Å²) in [6.45, 7) is -0.0141. The van der Waals surface area contributed by atoms with Gasteiger partial charge in [0.15, 0.2) is 6.04 Å². The lowest BCUT2D eigenvalue weighted by Gasteiger charge is -2.19. The van der Waals surface area contributed by atoms with Crippen molar-refractivity contribution in [1.82, 2.24) is 10.3 Å². The number of para-hydroxylation sites is 1. The minimum absolute atomic E-state index is 0.0141. The topological polar surface area (TPSA) is 77.5 Å². The van der Waals surface area contributed by atoms with Gasteiger partial charge in [-0.15, -0.1) is 0 Å². The fourth-order valence-corrected chi connectivity index (χ4v) is 3.22. The minimum atomic E-state index is -0.953. The Hall–Kier alpha value is -4.45. The number of rotatable bonds is 8. The average Bonchev–Trinajstić information content (AvgIpc) is 2.88. The molecule has 0 spiro atoms. The number of nitrogens with zero attached hydrogens (tertiary/aromatic N) is 1. The van der Waals surface area contributed by atoms with Gasteiger partial charge in [0.1, 0.15) is 18.1 Å². The third kappa shape index (κ3) is 5.83. The summed E-state index contributed by atoms with van der Waals surface area (Å²) in [4.78, 5) is 29.8. The Morgan fingerprint density at radius 2 is 1.52 bits per heavy atom. The van der Waals surface area contributed by atoms with Gasteiger partial charge >= 0.3 is 5.97 Å². The lowest BCUT2D eigenvalue weighted by atomic mass is 10.1. The van der Waals surface area contributed by atoms with Crippen molar-refractivity contribution in [2.45, 2.75) is 12.6 Å². The zero-order valence-electron chi connectivity index (χ0n) is 17.8. The molecule has 0 aliphatic heterocycles. The largest absolute Gasteiger partial charge is 0.459 e. The molecule has 1 aromatic heterocycles. The maximum atomic E-state index is 13.1. The van der Waals surface area contributed by atoms with Crippen LogP contribution in [-0.4, -0.2) is 16.9 Å². The highest BCUT2D eigenvalue weighted by atomic mass is 16.5. The molecule has 1 N–H and O–H groups in total. The Bertz CT molecular complexity index is 1200. The Labute approximate surface area is 191 Å². The second-order valence-electron chi connectivity index (χ2n) is 7.19. The molecule has 0 aliphatic rings. The molecule has 4 aromatic rings. The first-order valence-electron chi connectivity index (χ1n) is 10.4. The molecule has 164 valence electrons. The third-order valence-electron chi connectivity index (χ3n) is 4.88. The summed E-state index contributed by atoms with van der Waals surface area (Å²) in [7, 11) is 0. The first kappa shape index (κ1) is 21.8. The smallest absolute Gasteiger partial charge is 0.333 e. The van der Waals surface area contributed by atoms with Gasteiger partial charge in [0.25, 0.3) is 5.91 Å². The molecular weight excluding hydrogens is 416 g/mol. The van der Waals surface area contributed by atoms with Crippen LogP contribution in [0.4, 0.5) is 0 Å². The summed E-state index contributed by atoms with van der Waals surface area (Å²) in [5, 5.41) is 2.79. The standard InChI is InChI=1S/C27H22N2O4/c30-26(21-12-5-2-6-13-21)29-25(20-10-3-1-4-11-20)27(31)32-19-22-14-7-8-16-24(22)33-23-15-9-17-28-18-23/h1-18,25H,19H2,(H,29,30). The van der Waals surface area contributed by atoms with Crippen molar-refractivity contribution in [3.63, 3.8) is 0 Å². The Morgan fingerprint density at radius 3 is 2.24 bits per heavy atom. The van der Waals surface area contributed by atoms with Crippen LogP contribution < -0.4 is 10.1 Å². The van der Waals surface area contributed by atoms with E-state index in [-0.39, 0.29) is 12.5 Å². The average molecular weight is 438 g/mol.